The maximum Gasteiger partial charge on any atom is 0.326 e. The van der Waals surface area contributed by atoms with Crippen LogP contribution in [0.3, 0.4) is 0 Å². The van der Waals surface area contributed by atoms with Crippen molar-refractivity contribution in [3.8, 4) is 17.0 Å². The predicted octanol–water partition coefficient (Wildman–Crippen LogP) is 5.83. The smallest absolute Gasteiger partial charge is 0.326 e. The number of ether oxygens (including phenoxy) is 1. The van der Waals surface area contributed by atoms with Gasteiger partial charge in [0, 0.05) is 47.6 Å². The Labute approximate surface area is 278 Å². The number of hydrogen-bond acceptors (Lipinski definition) is 5. The number of carbonyl (C=O) groups excluding carboxylic acids is 2. The molecule has 2 aliphatic rings. The fourth-order valence-electron chi connectivity index (χ4n) is 7.44. The van der Waals surface area contributed by atoms with E-state index in [9.17, 15) is 24.6 Å². The summed E-state index contributed by atoms with van der Waals surface area (Å²) in [4.78, 5) is 44.9. The van der Waals surface area contributed by atoms with E-state index in [0.29, 0.717) is 48.7 Å². The molecular weight excluding hydrogens is 608 g/mol. The molecule has 2 fully saturated rings. The number of hydrogen-bond donors (Lipinski definition) is 4. The highest BCUT2D eigenvalue weighted by Crippen LogP contribution is 2.44. The number of rotatable bonds is 9. The lowest BCUT2D eigenvalue weighted by molar-refractivity contribution is -0.139. The molecule has 3 aromatic carbocycles. The number of carbonyl (C=O) groups is 3. The van der Waals surface area contributed by atoms with Gasteiger partial charge in [-0.25, -0.2) is 4.79 Å². The number of aromatic nitrogens is 2. The number of morpholine rings is 1. The van der Waals surface area contributed by atoms with Gasteiger partial charge in [0.1, 0.15) is 18.3 Å². The lowest BCUT2D eigenvalue weighted by atomic mass is 9.82. The number of benzene rings is 3. The maximum absolute atomic E-state index is 13.8. The third-order valence-corrected chi connectivity index (χ3v) is 9.86. The van der Waals surface area contributed by atoms with E-state index in [1.54, 1.807) is 36.5 Å². The van der Waals surface area contributed by atoms with Crippen molar-refractivity contribution in [1.29, 1.82) is 0 Å². The molecule has 7 rings (SSSR count). The molecule has 4 N–H and O–H groups in total. The van der Waals surface area contributed by atoms with Crippen molar-refractivity contribution in [3.05, 3.63) is 89.6 Å². The second kappa shape index (κ2) is 13.6. The van der Waals surface area contributed by atoms with E-state index >= 15 is 0 Å². The number of carboxylic acid groups (broad SMARTS) is 1. The Bertz CT molecular complexity index is 1970. The minimum absolute atomic E-state index is 0.00635. The van der Waals surface area contributed by atoms with Gasteiger partial charge in [0.2, 0.25) is 5.91 Å². The topological polar surface area (TPSA) is 137 Å². The van der Waals surface area contributed by atoms with Crippen molar-refractivity contribution in [3.63, 3.8) is 0 Å². The molecule has 0 radical (unpaired) electrons. The van der Waals surface area contributed by atoms with E-state index in [0.717, 1.165) is 53.4 Å². The van der Waals surface area contributed by atoms with E-state index in [2.05, 4.69) is 27.0 Å². The van der Waals surface area contributed by atoms with Crippen molar-refractivity contribution < 1.29 is 29.3 Å². The lowest BCUT2D eigenvalue weighted by Gasteiger charge is -2.28. The van der Waals surface area contributed by atoms with Crippen LogP contribution < -0.4 is 5.32 Å². The molecule has 3 heterocycles. The summed E-state index contributed by atoms with van der Waals surface area (Å²) >= 11 is 0. The molecule has 0 bridgehead atoms. The van der Waals surface area contributed by atoms with Gasteiger partial charge < -0.3 is 34.7 Å². The van der Waals surface area contributed by atoms with Crippen LogP contribution in [0, 0.1) is 0 Å². The molecule has 1 aliphatic carbocycles. The van der Waals surface area contributed by atoms with Gasteiger partial charge in [0.15, 0.2) is 0 Å². The fourth-order valence-corrected chi connectivity index (χ4v) is 7.44. The molecular formula is C38H40N4O6. The summed E-state index contributed by atoms with van der Waals surface area (Å²) in [6.07, 6.45) is 7.35. The number of aliphatic carboxylic acids is 1. The van der Waals surface area contributed by atoms with Crippen LogP contribution in [0.4, 0.5) is 0 Å². The van der Waals surface area contributed by atoms with E-state index in [4.69, 9.17) is 4.74 Å². The lowest BCUT2D eigenvalue weighted by Crippen LogP contribution is -2.42. The summed E-state index contributed by atoms with van der Waals surface area (Å²) in [6.45, 7) is 2.20. The summed E-state index contributed by atoms with van der Waals surface area (Å²) < 4.78 is 7.56. The Morgan fingerprint density at radius 2 is 1.71 bits per heavy atom. The number of phenolic OH excluding ortho intramolecular Hbond substituents is 1. The van der Waals surface area contributed by atoms with Gasteiger partial charge in [0.25, 0.3) is 5.91 Å². The second-order valence-corrected chi connectivity index (χ2v) is 12.9. The first-order valence-corrected chi connectivity index (χ1v) is 16.8. The standard InChI is InChI=1S/C38H40N4O6/c43-28-12-14-31-30(21-28)27(22-39-31)19-32(38(46)47)40-37(45)26-11-13-29-33(20-26)42(23-34(44)41-15-17-48-18-16-41)36(25-9-5-2-6-10-25)35(29)24-7-3-1-4-8-24/h2,5-6,9-14,20-22,24,32,39,43H,1,3-4,7-8,15-19,23H2,(H,40,45)(H,46,47). The molecule has 10 heteroatoms. The third-order valence-electron chi connectivity index (χ3n) is 9.86. The quantitative estimate of drug-likeness (QED) is 0.159. The Kier molecular flexibility index (Phi) is 8.90. The highest BCUT2D eigenvalue weighted by molar-refractivity contribution is 6.02. The first-order chi connectivity index (χ1) is 23.4. The Hall–Kier alpha value is -5.09. The SMILES string of the molecule is O=C(NC(Cc1c[nH]c2ccc(O)cc12)C(=O)O)c1ccc2c(C3CCCCC3)c(-c3ccccc3)n(CC(=O)N3CCOCC3)c2c1. The van der Waals surface area contributed by atoms with E-state index in [1.165, 1.54) is 12.0 Å². The monoisotopic (exact) mass is 648 g/mol. The van der Waals surface area contributed by atoms with Crippen LogP contribution >= 0.6 is 0 Å². The van der Waals surface area contributed by atoms with Crippen molar-refractivity contribution >= 4 is 39.6 Å². The molecule has 2 aromatic heterocycles. The van der Waals surface area contributed by atoms with Crippen molar-refractivity contribution in [1.82, 2.24) is 19.8 Å². The van der Waals surface area contributed by atoms with Crippen molar-refractivity contribution in [2.24, 2.45) is 0 Å². The zero-order valence-corrected chi connectivity index (χ0v) is 26.8. The summed E-state index contributed by atoms with van der Waals surface area (Å²) in [5.41, 5.74) is 5.76. The molecule has 10 nitrogen and oxygen atoms in total. The highest BCUT2D eigenvalue weighted by Gasteiger charge is 2.30. The van der Waals surface area contributed by atoms with Crippen LogP contribution in [0.5, 0.6) is 5.75 Å². The predicted molar refractivity (Wildman–Crippen MR) is 183 cm³/mol. The van der Waals surface area contributed by atoms with Crippen LogP contribution in [0.15, 0.2) is 72.9 Å². The molecule has 1 unspecified atom stereocenters. The first-order valence-electron chi connectivity index (χ1n) is 16.8. The molecule has 48 heavy (non-hydrogen) atoms. The van der Waals surface area contributed by atoms with Crippen LogP contribution in [-0.2, 0) is 27.3 Å². The van der Waals surface area contributed by atoms with E-state index in [1.807, 2.05) is 29.2 Å². The van der Waals surface area contributed by atoms with Crippen LogP contribution in [0.1, 0.15) is 59.5 Å². The number of fused-ring (bicyclic) bond motifs is 2. The zero-order chi connectivity index (χ0) is 33.2. The molecule has 1 saturated heterocycles. The summed E-state index contributed by atoms with van der Waals surface area (Å²) in [5.74, 6) is -1.29. The van der Waals surface area contributed by atoms with Crippen LogP contribution in [0.25, 0.3) is 33.1 Å². The number of amides is 2. The molecule has 2 amide bonds. The number of aromatic hydroxyl groups is 1. The normalized spacial score (nSPS) is 16.3. The van der Waals surface area contributed by atoms with Crippen molar-refractivity contribution in [2.45, 2.75) is 57.0 Å². The largest absolute Gasteiger partial charge is 0.508 e. The maximum atomic E-state index is 13.8. The average molecular weight is 649 g/mol. The Balaban J connectivity index is 1.28. The van der Waals surface area contributed by atoms with Crippen LogP contribution in [0.2, 0.25) is 0 Å². The third kappa shape index (κ3) is 6.27. The van der Waals surface area contributed by atoms with Gasteiger partial charge >= 0.3 is 5.97 Å². The molecule has 5 aromatic rings. The number of nitrogens with zero attached hydrogens (tertiary/aromatic N) is 2. The van der Waals surface area contributed by atoms with E-state index < -0.39 is 17.9 Å². The summed E-state index contributed by atoms with van der Waals surface area (Å²) in [6, 6.07) is 19.3. The molecule has 1 atom stereocenters. The number of phenols is 1. The highest BCUT2D eigenvalue weighted by atomic mass is 16.5. The van der Waals surface area contributed by atoms with Crippen LogP contribution in [-0.4, -0.2) is 74.8 Å². The van der Waals surface area contributed by atoms with Gasteiger partial charge in [-0.15, -0.1) is 0 Å². The minimum Gasteiger partial charge on any atom is -0.508 e. The van der Waals surface area contributed by atoms with Gasteiger partial charge in [0.05, 0.1) is 24.4 Å². The summed E-state index contributed by atoms with van der Waals surface area (Å²) in [7, 11) is 0. The minimum atomic E-state index is -1.21. The first kappa shape index (κ1) is 31.5. The molecule has 1 aliphatic heterocycles. The number of carboxylic acids is 1. The fraction of sp³-hybridized carbons (Fsp3) is 0.342. The Morgan fingerprint density at radius 3 is 2.46 bits per heavy atom. The summed E-state index contributed by atoms with van der Waals surface area (Å²) in [5, 5.41) is 24.6. The second-order valence-electron chi connectivity index (χ2n) is 12.9. The molecule has 1 saturated carbocycles. The molecule has 248 valence electrons. The number of aromatic amines is 1. The van der Waals surface area contributed by atoms with Crippen molar-refractivity contribution in [2.75, 3.05) is 26.3 Å². The Morgan fingerprint density at radius 1 is 0.938 bits per heavy atom. The van der Waals surface area contributed by atoms with Gasteiger partial charge in [-0.05, 0) is 65.8 Å². The number of nitrogens with one attached hydrogen (secondary N) is 2. The van der Waals surface area contributed by atoms with Gasteiger partial charge in [-0.2, -0.15) is 0 Å². The van der Waals surface area contributed by atoms with E-state index in [-0.39, 0.29) is 24.6 Å². The number of H-pyrrole nitrogens is 1. The van der Waals surface area contributed by atoms with Gasteiger partial charge in [-0.3, -0.25) is 9.59 Å². The van der Waals surface area contributed by atoms with Gasteiger partial charge in [-0.1, -0.05) is 55.7 Å². The zero-order valence-electron chi connectivity index (χ0n) is 26.8. The average Bonchev–Trinajstić information content (AvgIpc) is 3.66. The molecule has 0 spiro atoms.